The number of rotatable bonds is 5. The summed E-state index contributed by atoms with van der Waals surface area (Å²) in [6, 6.07) is 6.70. The summed E-state index contributed by atoms with van der Waals surface area (Å²) >= 11 is 0. The Morgan fingerprint density at radius 1 is 1.25 bits per heavy atom. The maximum Gasteiger partial charge on any atom is 0.303 e. The Labute approximate surface area is 121 Å². The van der Waals surface area contributed by atoms with Crippen molar-refractivity contribution in [2.45, 2.75) is 46.1 Å². The van der Waals surface area contributed by atoms with E-state index in [4.69, 9.17) is 5.11 Å². The first-order valence-electron chi connectivity index (χ1n) is 7.55. The lowest BCUT2D eigenvalue weighted by Gasteiger charge is -2.31. The number of aliphatic carboxylic acids is 1. The number of aryl methyl sites for hydroxylation is 2. The lowest BCUT2D eigenvalue weighted by molar-refractivity contribution is -0.137. The smallest absolute Gasteiger partial charge is 0.303 e. The molecule has 3 nitrogen and oxygen atoms in total. The van der Waals surface area contributed by atoms with Crippen molar-refractivity contribution in [3.8, 4) is 0 Å². The van der Waals surface area contributed by atoms with Gasteiger partial charge in [0, 0.05) is 13.0 Å². The molecular weight excluding hydrogens is 250 g/mol. The SMILES string of the molecule is Cc1ccc(CN2CCC(CCC(=O)O)CC2)cc1C. The molecule has 1 N–H and O–H groups in total. The van der Waals surface area contributed by atoms with Gasteiger partial charge in [-0.15, -0.1) is 0 Å². The standard InChI is InChI=1S/C17H25NO2/c1-13-3-4-16(11-14(13)2)12-18-9-7-15(8-10-18)5-6-17(19)20/h3-4,11,15H,5-10,12H2,1-2H3,(H,19,20). The highest BCUT2D eigenvalue weighted by Crippen LogP contribution is 2.23. The van der Waals surface area contributed by atoms with E-state index in [1.165, 1.54) is 16.7 Å². The highest BCUT2D eigenvalue weighted by molar-refractivity contribution is 5.66. The monoisotopic (exact) mass is 275 g/mol. The summed E-state index contributed by atoms with van der Waals surface area (Å²) in [5.74, 6) is -0.0651. The maximum atomic E-state index is 10.6. The van der Waals surface area contributed by atoms with E-state index in [0.29, 0.717) is 12.3 Å². The minimum absolute atomic E-state index is 0.321. The lowest BCUT2D eigenvalue weighted by Crippen LogP contribution is -2.33. The zero-order valence-corrected chi connectivity index (χ0v) is 12.6. The zero-order valence-electron chi connectivity index (χ0n) is 12.6. The molecule has 1 fully saturated rings. The van der Waals surface area contributed by atoms with Crippen LogP contribution >= 0.6 is 0 Å². The number of benzene rings is 1. The van der Waals surface area contributed by atoms with Gasteiger partial charge in [0.25, 0.3) is 0 Å². The average Bonchev–Trinajstić information content (AvgIpc) is 2.42. The van der Waals surface area contributed by atoms with Gasteiger partial charge in [-0.3, -0.25) is 9.69 Å². The van der Waals surface area contributed by atoms with E-state index in [1.807, 2.05) is 0 Å². The van der Waals surface area contributed by atoms with Gasteiger partial charge in [0.15, 0.2) is 0 Å². The summed E-state index contributed by atoms with van der Waals surface area (Å²) in [4.78, 5) is 13.1. The van der Waals surface area contributed by atoms with Crippen molar-refractivity contribution in [2.24, 2.45) is 5.92 Å². The van der Waals surface area contributed by atoms with Crippen LogP contribution in [0, 0.1) is 19.8 Å². The summed E-state index contributed by atoms with van der Waals surface area (Å²) in [5.41, 5.74) is 4.09. The quantitative estimate of drug-likeness (QED) is 0.895. The lowest BCUT2D eigenvalue weighted by atomic mass is 9.92. The zero-order chi connectivity index (χ0) is 14.5. The Balaban J connectivity index is 1.79. The number of hydrogen-bond acceptors (Lipinski definition) is 2. The van der Waals surface area contributed by atoms with Crippen LogP contribution < -0.4 is 0 Å². The minimum atomic E-state index is -0.664. The van der Waals surface area contributed by atoms with Crippen LogP contribution in [-0.2, 0) is 11.3 Å². The second kappa shape index (κ2) is 6.89. The van der Waals surface area contributed by atoms with E-state index in [2.05, 4.69) is 36.9 Å². The number of hydrogen-bond donors (Lipinski definition) is 1. The van der Waals surface area contributed by atoms with E-state index in [1.54, 1.807) is 0 Å². The van der Waals surface area contributed by atoms with Crippen molar-refractivity contribution in [1.29, 1.82) is 0 Å². The molecule has 1 aliphatic rings. The molecule has 0 bridgehead atoms. The molecular formula is C17H25NO2. The Bertz CT molecular complexity index is 462. The van der Waals surface area contributed by atoms with Gasteiger partial charge in [-0.1, -0.05) is 18.2 Å². The molecule has 20 heavy (non-hydrogen) atoms. The van der Waals surface area contributed by atoms with Gasteiger partial charge < -0.3 is 5.11 Å². The van der Waals surface area contributed by atoms with Crippen LogP contribution in [0.1, 0.15) is 42.4 Å². The van der Waals surface area contributed by atoms with Crippen LogP contribution in [0.3, 0.4) is 0 Å². The maximum absolute atomic E-state index is 10.6. The molecule has 0 radical (unpaired) electrons. The fraction of sp³-hybridized carbons (Fsp3) is 0.588. The van der Waals surface area contributed by atoms with E-state index < -0.39 is 5.97 Å². The van der Waals surface area contributed by atoms with Gasteiger partial charge in [0.05, 0.1) is 0 Å². The molecule has 0 unspecified atom stereocenters. The number of carbonyl (C=O) groups is 1. The highest BCUT2D eigenvalue weighted by Gasteiger charge is 2.19. The number of piperidine rings is 1. The largest absolute Gasteiger partial charge is 0.481 e. The predicted molar refractivity (Wildman–Crippen MR) is 80.8 cm³/mol. The number of nitrogens with zero attached hydrogens (tertiary/aromatic N) is 1. The first-order chi connectivity index (χ1) is 9.54. The molecule has 1 aromatic carbocycles. The minimum Gasteiger partial charge on any atom is -0.481 e. The van der Waals surface area contributed by atoms with Gasteiger partial charge in [-0.25, -0.2) is 0 Å². The topological polar surface area (TPSA) is 40.5 Å². The van der Waals surface area contributed by atoms with E-state index in [9.17, 15) is 4.79 Å². The van der Waals surface area contributed by atoms with Gasteiger partial charge in [-0.05, 0) is 68.8 Å². The molecule has 0 atom stereocenters. The Kier molecular flexibility index (Phi) is 5.18. The molecule has 110 valence electrons. The fourth-order valence-corrected chi connectivity index (χ4v) is 2.92. The molecule has 0 amide bonds. The Morgan fingerprint density at radius 2 is 1.95 bits per heavy atom. The third kappa shape index (κ3) is 4.34. The van der Waals surface area contributed by atoms with Gasteiger partial charge in [0.2, 0.25) is 0 Å². The fourth-order valence-electron chi connectivity index (χ4n) is 2.92. The summed E-state index contributed by atoms with van der Waals surface area (Å²) in [6.07, 6.45) is 3.44. The molecule has 2 rings (SSSR count). The second-order valence-corrected chi connectivity index (χ2v) is 6.07. The number of carboxylic acids is 1. The molecule has 1 aliphatic heterocycles. The second-order valence-electron chi connectivity index (χ2n) is 6.07. The molecule has 1 heterocycles. The molecule has 0 aromatic heterocycles. The van der Waals surface area contributed by atoms with Crippen molar-refractivity contribution in [3.05, 3.63) is 34.9 Å². The Morgan fingerprint density at radius 3 is 2.55 bits per heavy atom. The summed E-state index contributed by atoms with van der Waals surface area (Å²) in [5, 5.41) is 8.73. The average molecular weight is 275 g/mol. The molecule has 0 spiro atoms. The number of carboxylic acid groups (broad SMARTS) is 1. The molecule has 1 saturated heterocycles. The summed E-state index contributed by atoms with van der Waals surface area (Å²) in [6.45, 7) is 7.52. The van der Waals surface area contributed by atoms with Crippen LogP contribution in [0.25, 0.3) is 0 Å². The van der Waals surface area contributed by atoms with Crippen molar-refractivity contribution < 1.29 is 9.90 Å². The van der Waals surface area contributed by atoms with Crippen LogP contribution in [-0.4, -0.2) is 29.1 Å². The van der Waals surface area contributed by atoms with E-state index >= 15 is 0 Å². The van der Waals surface area contributed by atoms with Crippen molar-refractivity contribution in [1.82, 2.24) is 4.90 Å². The number of likely N-dealkylation sites (tertiary alicyclic amines) is 1. The van der Waals surface area contributed by atoms with Crippen molar-refractivity contribution in [2.75, 3.05) is 13.1 Å². The van der Waals surface area contributed by atoms with Crippen LogP contribution in [0.15, 0.2) is 18.2 Å². The van der Waals surface area contributed by atoms with Crippen LogP contribution in [0.4, 0.5) is 0 Å². The normalized spacial score (nSPS) is 17.3. The summed E-state index contributed by atoms with van der Waals surface area (Å²) < 4.78 is 0. The van der Waals surface area contributed by atoms with Crippen LogP contribution in [0.2, 0.25) is 0 Å². The third-order valence-corrected chi connectivity index (χ3v) is 4.45. The van der Waals surface area contributed by atoms with Crippen LogP contribution in [0.5, 0.6) is 0 Å². The first-order valence-corrected chi connectivity index (χ1v) is 7.55. The van der Waals surface area contributed by atoms with Gasteiger partial charge >= 0.3 is 5.97 Å². The first kappa shape index (κ1) is 15.0. The Hall–Kier alpha value is -1.35. The molecule has 0 saturated carbocycles. The molecule has 1 aromatic rings. The van der Waals surface area contributed by atoms with Crippen molar-refractivity contribution >= 4 is 5.97 Å². The third-order valence-electron chi connectivity index (χ3n) is 4.45. The summed E-state index contributed by atoms with van der Waals surface area (Å²) in [7, 11) is 0. The van der Waals surface area contributed by atoms with Crippen molar-refractivity contribution in [3.63, 3.8) is 0 Å². The van der Waals surface area contributed by atoms with E-state index in [-0.39, 0.29) is 0 Å². The molecule has 0 aliphatic carbocycles. The highest BCUT2D eigenvalue weighted by atomic mass is 16.4. The predicted octanol–water partition coefficient (Wildman–Crippen LogP) is 3.38. The van der Waals surface area contributed by atoms with Gasteiger partial charge in [0.1, 0.15) is 0 Å². The van der Waals surface area contributed by atoms with Gasteiger partial charge in [-0.2, -0.15) is 0 Å². The molecule has 3 heteroatoms. The van der Waals surface area contributed by atoms with E-state index in [0.717, 1.165) is 38.9 Å².